The van der Waals surface area contributed by atoms with Gasteiger partial charge in [-0.3, -0.25) is 14.6 Å². The molecule has 1 atom stereocenters. The lowest BCUT2D eigenvalue weighted by Gasteiger charge is -2.37. The maximum Gasteiger partial charge on any atom is 0.234 e. The number of nitrogens with one attached hydrogen (secondary N) is 1. The van der Waals surface area contributed by atoms with E-state index in [1.165, 1.54) is 9.71 Å². The molecule has 26 heavy (non-hydrogen) atoms. The number of hydrogen-bond acceptors (Lipinski definition) is 5. The Morgan fingerprint density at radius 2 is 1.88 bits per heavy atom. The molecule has 1 N–H and O–H groups in total. The highest BCUT2D eigenvalue weighted by Crippen LogP contribution is 2.29. The Labute approximate surface area is 160 Å². The molecule has 3 rings (SSSR count). The van der Waals surface area contributed by atoms with Gasteiger partial charge in [-0.25, -0.2) is 4.98 Å². The smallest absolute Gasteiger partial charge is 0.234 e. The van der Waals surface area contributed by atoms with Gasteiger partial charge in [0, 0.05) is 32.2 Å². The van der Waals surface area contributed by atoms with Crippen LogP contribution in [-0.4, -0.2) is 59.5 Å². The van der Waals surface area contributed by atoms with Gasteiger partial charge in [-0.2, -0.15) is 0 Å². The first-order valence-corrected chi connectivity index (χ1v) is 10.5. The minimum absolute atomic E-state index is 0.159. The summed E-state index contributed by atoms with van der Waals surface area (Å²) in [6.07, 6.45) is 1.99. The lowest BCUT2D eigenvalue weighted by Crippen LogP contribution is -2.50. The number of piperazine rings is 1. The van der Waals surface area contributed by atoms with E-state index < -0.39 is 0 Å². The number of fused-ring (bicyclic) bond motifs is 1. The van der Waals surface area contributed by atoms with Gasteiger partial charge in [-0.15, -0.1) is 11.3 Å². The molecule has 0 unspecified atom stereocenters. The molecule has 2 aromatic rings. The van der Waals surface area contributed by atoms with Crippen molar-refractivity contribution in [3.8, 4) is 0 Å². The Morgan fingerprint density at radius 3 is 2.54 bits per heavy atom. The number of carbonyl (C=O) groups is 1. The van der Waals surface area contributed by atoms with E-state index in [1.807, 2.05) is 6.07 Å². The van der Waals surface area contributed by atoms with Crippen molar-refractivity contribution >= 4 is 27.5 Å². The third-order valence-corrected chi connectivity index (χ3v) is 6.55. The number of amides is 1. The van der Waals surface area contributed by atoms with Crippen LogP contribution in [0.25, 0.3) is 10.2 Å². The molecule has 6 heteroatoms. The van der Waals surface area contributed by atoms with Crippen LogP contribution in [0.15, 0.2) is 24.3 Å². The second kappa shape index (κ2) is 8.93. The molecular weight excluding hydrogens is 344 g/mol. The molecule has 0 bridgehead atoms. The Balaban J connectivity index is 1.50. The highest BCUT2D eigenvalue weighted by Gasteiger charge is 2.25. The van der Waals surface area contributed by atoms with Crippen molar-refractivity contribution in [1.29, 1.82) is 0 Å². The molecule has 5 nitrogen and oxygen atoms in total. The topological polar surface area (TPSA) is 48.5 Å². The van der Waals surface area contributed by atoms with Crippen LogP contribution < -0.4 is 5.32 Å². The lowest BCUT2D eigenvalue weighted by atomic mass is 10.1. The van der Waals surface area contributed by atoms with Crippen LogP contribution in [0.4, 0.5) is 0 Å². The molecule has 0 saturated carbocycles. The van der Waals surface area contributed by atoms with E-state index in [9.17, 15) is 4.79 Å². The van der Waals surface area contributed by atoms with Crippen molar-refractivity contribution in [1.82, 2.24) is 20.1 Å². The molecule has 2 heterocycles. The van der Waals surface area contributed by atoms with E-state index in [-0.39, 0.29) is 5.91 Å². The summed E-state index contributed by atoms with van der Waals surface area (Å²) in [7, 11) is 0. The van der Waals surface area contributed by atoms with E-state index in [2.05, 4.69) is 54.1 Å². The zero-order valence-corrected chi connectivity index (χ0v) is 16.9. The molecule has 0 radical (unpaired) electrons. The van der Waals surface area contributed by atoms with E-state index in [4.69, 9.17) is 4.98 Å². The zero-order valence-electron chi connectivity index (χ0n) is 16.1. The van der Waals surface area contributed by atoms with E-state index in [0.717, 1.165) is 44.5 Å². The highest BCUT2D eigenvalue weighted by molar-refractivity contribution is 7.18. The van der Waals surface area contributed by atoms with Gasteiger partial charge in [-0.1, -0.05) is 26.0 Å². The predicted molar refractivity (Wildman–Crippen MR) is 109 cm³/mol. The predicted octanol–water partition coefficient (Wildman–Crippen LogP) is 3.28. The summed E-state index contributed by atoms with van der Waals surface area (Å²) in [5.74, 6) is 0.159. The van der Waals surface area contributed by atoms with Crippen LogP contribution in [0.1, 0.15) is 44.7 Å². The maximum atomic E-state index is 12.2. The van der Waals surface area contributed by atoms with E-state index in [1.54, 1.807) is 11.3 Å². The normalized spacial score (nSPS) is 17.7. The lowest BCUT2D eigenvalue weighted by molar-refractivity contribution is -0.123. The number of para-hydroxylation sites is 1. The molecule has 1 saturated heterocycles. The summed E-state index contributed by atoms with van der Waals surface area (Å²) in [5.41, 5.74) is 1.09. The molecule has 1 amide bonds. The molecule has 1 aliphatic heterocycles. The van der Waals surface area contributed by atoms with Gasteiger partial charge in [0.15, 0.2) is 0 Å². The SMILES string of the molecule is CCC(CC)NC(=O)CN1CCN([C@@H](C)c2nc3ccccc3s2)CC1. The molecule has 0 spiro atoms. The third kappa shape index (κ3) is 4.61. The first-order chi connectivity index (χ1) is 12.6. The van der Waals surface area contributed by atoms with E-state index in [0.29, 0.717) is 18.6 Å². The number of aromatic nitrogens is 1. The standard InChI is InChI=1S/C20H30N4OS/c1-4-16(5-2)21-19(25)14-23-10-12-24(13-11-23)15(3)20-22-17-8-6-7-9-18(17)26-20/h6-9,15-16H,4-5,10-14H2,1-3H3,(H,21,25)/t15-/m0/s1. The second-order valence-corrected chi connectivity index (χ2v) is 8.15. The Kier molecular flexibility index (Phi) is 6.62. The fraction of sp³-hybridized carbons (Fsp3) is 0.600. The monoisotopic (exact) mass is 374 g/mol. The average Bonchev–Trinajstić information content (AvgIpc) is 3.10. The molecule has 0 aliphatic carbocycles. The van der Waals surface area contributed by atoms with Crippen LogP contribution in [0, 0.1) is 0 Å². The molecule has 1 aromatic heterocycles. The van der Waals surface area contributed by atoms with Crippen molar-refractivity contribution in [3.05, 3.63) is 29.3 Å². The van der Waals surface area contributed by atoms with Gasteiger partial charge < -0.3 is 5.32 Å². The van der Waals surface area contributed by atoms with Gasteiger partial charge in [-0.05, 0) is 31.9 Å². The van der Waals surface area contributed by atoms with Gasteiger partial charge in [0.05, 0.1) is 22.8 Å². The van der Waals surface area contributed by atoms with Crippen molar-refractivity contribution in [3.63, 3.8) is 0 Å². The van der Waals surface area contributed by atoms with Crippen LogP contribution in [0.2, 0.25) is 0 Å². The van der Waals surface area contributed by atoms with E-state index >= 15 is 0 Å². The zero-order chi connectivity index (χ0) is 18.5. The summed E-state index contributed by atoms with van der Waals surface area (Å²) >= 11 is 1.79. The van der Waals surface area contributed by atoms with Crippen molar-refractivity contribution in [2.24, 2.45) is 0 Å². The number of nitrogens with zero attached hydrogens (tertiary/aromatic N) is 3. The average molecular weight is 375 g/mol. The van der Waals surface area contributed by atoms with Gasteiger partial charge in [0.2, 0.25) is 5.91 Å². The molecular formula is C20H30N4OS. The summed E-state index contributed by atoms with van der Waals surface area (Å²) in [4.78, 5) is 21.7. The van der Waals surface area contributed by atoms with Gasteiger partial charge in [0.1, 0.15) is 5.01 Å². The Hall–Kier alpha value is -1.50. The largest absolute Gasteiger partial charge is 0.352 e. The maximum absolute atomic E-state index is 12.2. The Bertz CT molecular complexity index is 686. The summed E-state index contributed by atoms with van der Waals surface area (Å²) in [6, 6.07) is 8.97. The number of hydrogen-bond donors (Lipinski definition) is 1. The van der Waals surface area contributed by atoms with Crippen LogP contribution in [0.3, 0.4) is 0 Å². The van der Waals surface area contributed by atoms with Crippen molar-refractivity contribution < 1.29 is 4.79 Å². The first-order valence-electron chi connectivity index (χ1n) is 9.72. The minimum atomic E-state index is 0.159. The van der Waals surface area contributed by atoms with Crippen LogP contribution in [-0.2, 0) is 4.79 Å². The minimum Gasteiger partial charge on any atom is -0.352 e. The summed E-state index contributed by atoms with van der Waals surface area (Å²) in [6.45, 7) is 10.8. The summed E-state index contributed by atoms with van der Waals surface area (Å²) < 4.78 is 1.26. The quantitative estimate of drug-likeness (QED) is 0.808. The Morgan fingerprint density at radius 1 is 1.19 bits per heavy atom. The van der Waals surface area contributed by atoms with Gasteiger partial charge in [0.25, 0.3) is 0 Å². The van der Waals surface area contributed by atoms with Crippen molar-refractivity contribution in [2.45, 2.75) is 45.7 Å². The molecule has 142 valence electrons. The number of rotatable bonds is 7. The third-order valence-electron chi connectivity index (χ3n) is 5.34. The molecule has 1 aromatic carbocycles. The molecule has 1 aliphatic rings. The highest BCUT2D eigenvalue weighted by atomic mass is 32.1. The van der Waals surface area contributed by atoms with Gasteiger partial charge >= 0.3 is 0 Å². The number of thiazole rings is 1. The van der Waals surface area contributed by atoms with Crippen LogP contribution >= 0.6 is 11.3 Å². The summed E-state index contributed by atoms with van der Waals surface area (Å²) in [5, 5.41) is 4.32. The molecule has 1 fully saturated rings. The number of carbonyl (C=O) groups excluding carboxylic acids is 1. The first kappa shape index (κ1) is 19.3. The number of benzene rings is 1. The fourth-order valence-corrected chi connectivity index (χ4v) is 4.56. The van der Waals surface area contributed by atoms with Crippen molar-refractivity contribution in [2.75, 3.05) is 32.7 Å². The van der Waals surface area contributed by atoms with Crippen LogP contribution in [0.5, 0.6) is 0 Å². The second-order valence-electron chi connectivity index (χ2n) is 7.09. The fourth-order valence-electron chi connectivity index (χ4n) is 3.50.